The summed E-state index contributed by atoms with van der Waals surface area (Å²) in [6, 6.07) is 13.3. The van der Waals surface area contributed by atoms with Gasteiger partial charge in [0.05, 0.1) is 6.04 Å². The molecule has 1 aliphatic carbocycles. The second kappa shape index (κ2) is 6.02. The van der Waals surface area contributed by atoms with Crippen LogP contribution in [-0.4, -0.2) is 6.54 Å². The van der Waals surface area contributed by atoms with Crippen LogP contribution >= 0.6 is 27.5 Å². The van der Waals surface area contributed by atoms with Gasteiger partial charge in [-0.1, -0.05) is 39.7 Å². The van der Waals surface area contributed by atoms with Crippen molar-refractivity contribution in [2.75, 3.05) is 11.4 Å². The number of benzene rings is 2. The molecule has 1 atom stereocenters. The van der Waals surface area contributed by atoms with Gasteiger partial charge in [0.2, 0.25) is 0 Å². The number of halogens is 2. The fourth-order valence-corrected chi connectivity index (χ4v) is 4.00. The zero-order chi connectivity index (χ0) is 15.0. The normalized spacial score (nSPS) is 16.9. The lowest BCUT2D eigenvalue weighted by Gasteiger charge is -2.31. The van der Waals surface area contributed by atoms with Gasteiger partial charge < -0.3 is 4.90 Å². The lowest BCUT2D eigenvalue weighted by Crippen LogP contribution is -2.27. The molecule has 0 radical (unpaired) electrons. The quantitative estimate of drug-likeness (QED) is 0.653. The van der Waals surface area contributed by atoms with Crippen molar-refractivity contribution >= 4 is 33.2 Å². The van der Waals surface area contributed by atoms with Gasteiger partial charge in [0.15, 0.2) is 0 Å². The molecule has 0 aliphatic heterocycles. The first-order valence-electron chi connectivity index (χ1n) is 7.42. The first-order valence-corrected chi connectivity index (χ1v) is 8.59. The van der Waals surface area contributed by atoms with E-state index < -0.39 is 0 Å². The Morgan fingerprint density at radius 3 is 2.81 bits per heavy atom. The molecule has 0 heterocycles. The van der Waals surface area contributed by atoms with E-state index in [0.29, 0.717) is 6.04 Å². The van der Waals surface area contributed by atoms with E-state index in [-0.39, 0.29) is 0 Å². The van der Waals surface area contributed by atoms with Crippen LogP contribution in [0.5, 0.6) is 0 Å². The Balaban J connectivity index is 1.99. The summed E-state index contributed by atoms with van der Waals surface area (Å²) >= 11 is 9.85. The molecule has 0 spiro atoms. The van der Waals surface area contributed by atoms with Crippen molar-refractivity contribution < 1.29 is 0 Å². The number of nitrogens with zero attached hydrogens (tertiary/aromatic N) is 1. The van der Waals surface area contributed by atoms with Crippen molar-refractivity contribution in [2.24, 2.45) is 0 Å². The minimum atomic E-state index is 0.461. The summed E-state index contributed by atoms with van der Waals surface area (Å²) in [5.41, 5.74) is 5.32. The van der Waals surface area contributed by atoms with Gasteiger partial charge in [-0.2, -0.15) is 0 Å². The molecule has 0 bridgehead atoms. The van der Waals surface area contributed by atoms with Crippen LogP contribution in [0.25, 0.3) is 0 Å². The maximum atomic E-state index is 6.17. The number of hydrogen-bond donors (Lipinski definition) is 0. The van der Waals surface area contributed by atoms with E-state index in [2.05, 4.69) is 65.0 Å². The average Bonchev–Trinajstić information content (AvgIpc) is 2.89. The second-order valence-electron chi connectivity index (χ2n) is 5.58. The van der Waals surface area contributed by atoms with Crippen LogP contribution in [0.15, 0.2) is 40.9 Å². The first kappa shape index (κ1) is 14.9. The van der Waals surface area contributed by atoms with Gasteiger partial charge >= 0.3 is 0 Å². The SMILES string of the molecule is CCN(c1ccc(Cl)c(C)c1)C1CCc2c(Br)cccc21. The van der Waals surface area contributed by atoms with E-state index in [9.17, 15) is 0 Å². The van der Waals surface area contributed by atoms with Gasteiger partial charge in [-0.15, -0.1) is 0 Å². The fourth-order valence-electron chi connectivity index (χ4n) is 3.30. The Kier molecular flexibility index (Phi) is 4.28. The number of anilines is 1. The lowest BCUT2D eigenvalue weighted by molar-refractivity contribution is 0.628. The summed E-state index contributed by atoms with van der Waals surface area (Å²) < 4.78 is 1.24. The topological polar surface area (TPSA) is 3.24 Å². The van der Waals surface area contributed by atoms with Crippen LogP contribution < -0.4 is 4.90 Å². The average molecular weight is 365 g/mol. The van der Waals surface area contributed by atoms with Crippen LogP contribution in [0.2, 0.25) is 5.02 Å². The molecule has 1 unspecified atom stereocenters. The highest BCUT2D eigenvalue weighted by atomic mass is 79.9. The third-order valence-electron chi connectivity index (χ3n) is 4.37. The standard InChI is InChI=1S/C18H19BrClN/c1-3-21(13-7-9-17(20)12(2)11-13)18-10-8-14-15(18)5-4-6-16(14)19/h4-7,9,11,18H,3,8,10H2,1-2H3. The molecule has 3 rings (SSSR count). The molecule has 2 aromatic rings. The van der Waals surface area contributed by atoms with E-state index in [0.717, 1.165) is 23.6 Å². The molecule has 0 saturated carbocycles. The molecule has 3 heteroatoms. The molecular formula is C18H19BrClN. The van der Waals surface area contributed by atoms with E-state index >= 15 is 0 Å². The molecule has 2 aromatic carbocycles. The molecule has 1 aliphatic rings. The van der Waals surface area contributed by atoms with Gasteiger partial charge in [0.25, 0.3) is 0 Å². The molecular weight excluding hydrogens is 346 g/mol. The molecule has 0 N–H and O–H groups in total. The minimum absolute atomic E-state index is 0.461. The van der Waals surface area contributed by atoms with Crippen LogP contribution in [0, 0.1) is 6.92 Å². The zero-order valence-corrected chi connectivity index (χ0v) is 14.7. The number of hydrogen-bond acceptors (Lipinski definition) is 1. The third-order valence-corrected chi connectivity index (χ3v) is 5.54. The van der Waals surface area contributed by atoms with Gasteiger partial charge in [0, 0.05) is 21.7 Å². The van der Waals surface area contributed by atoms with Crippen molar-refractivity contribution in [3.05, 3.63) is 62.6 Å². The predicted molar refractivity (Wildman–Crippen MR) is 94.4 cm³/mol. The third kappa shape index (κ3) is 2.72. The van der Waals surface area contributed by atoms with Crippen LogP contribution in [0.4, 0.5) is 5.69 Å². The van der Waals surface area contributed by atoms with E-state index in [1.165, 1.54) is 27.7 Å². The summed E-state index contributed by atoms with van der Waals surface area (Å²) in [5.74, 6) is 0. The number of fused-ring (bicyclic) bond motifs is 1. The maximum Gasteiger partial charge on any atom is 0.0548 e. The van der Waals surface area contributed by atoms with Gasteiger partial charge in [0.1, 0.15) is 0 Å². The van der Waals surface area contributed by atoms with Crippen molar-refractivity contribution in [1.82, 2.24) is 0 Å². The molecule has 21 heavy (non-hydrogen) atoms. The Morgan fingerprint density at radius 1 is 1.29 bits per heavy atom. The highest BCUT2D eigenvalue weighted by molar-refractivity contribution is 9.10. The van der Waals surface area contributed by atoms with E-state index in [4.69, 9.17) is 11.6 Å². The van der Waals surface area contributed by atoms with Crippen molar-refractivity contribution in [2.45, 2.75) is 32.7 Å². The second-order valence-corrected chi connectivity index (χ2v) is 6.84. The van der Waals surface area contributed by atoms with Crippen LogP contribution in [0.3, 0.4) is 0 Å². The number of rotatable bonds is 3. The Hall–Kier alpha value is -0.990. The highest BCUT2D eigenvalue weighted by Gasteiger charge is 2.28. The highest BCUT2D eigenvalue weighted by Crippen LogP contribution is 2.41. The Labute approximate surface area is 140 Å². The van der Waals surface area contributed by atoms with E-state index in [1.54, 1.807) is 0 Å². The van der Waals surface area contributed by atoms with Crippen LogP contribution in [0.1, 0.15) is 36.1 Å². The first-order chi connectivity index (χ1) is 10.1. The molecule has 0 amide bonds. The minimum Gasteiger partial charge on any atom is -0.365 e. The number of aryl methyl sites for hydroxylation is 1. The van der Waals surface area contributed by atoms with E-state index in [1.807, 2.05) is 6.07 Å². The summed E-state index contributed by atoms with van der Waals surface area (Å²) in [5, 5.41) is 0.837. The summed E-state index contributed by atoms with van der Waals surface area (Å²) in [6.45, 7) is 5.29. The van der Waals surface area contributed by atoms with Crippen molar-refractivity contribution in [3.8, 4) is 0 Å². The van der Waals surface area contributed by atoms with Crippen molar-refractivity contribution in [3.63, 3.8) is 0 Å². The van der Waals surface area contributed by atoms with Crippen LogP contribution in [-0.2, 0) is 6.42 Å². The Bertz CT molecular complexity index is 668. The molecule has 0 fully saturated rings. The monoisotopic (exact) mass is 363 g/mol. The predicted octanol–water partition coefficient (Wildman–Crippen LogP) is 5.92. The summed E-state index contributed by atoms with van der Waals surface area (Å²) in [4.78, 5) is 2.49. The van der Waals surface area contributed by atoms with Gasteiger partial charge in [-0.3, -0.25) is 0 Å². The molecule has 0 saturated heterocycles. The fraction of sp³-hybridized carbons (Fsp3) is 0.333. The van der Waals surface area contributed by atoms with Gasteiger partial charge in [-0.25, -0.2) is 0 Å². The van der Waals surface area contributed by atoms with Crippen molar-refractivity contribution in [1.29, 1.82) is 0 Å². The van der Waals surface area contributed by atoms with Gasteiger partial charge in [-0.05, 0) is 67.6 Å². The summed E-state index contributed by atoms with van der Waals surface area (Å²) in [6.07, 6.45) is 2.32. The summed E-state index contributed by atoms with van der Waals surface area (Å²) in [7, 11) is 0. The largest absolute Gasteiger partial charge is 0.365 e. The molecule has 0 aromatic heterocycles. The molecule has 1 nitrogen and oxygen atoms in total. The zero-order valence-electron chi connectivity index (χ0n) is 12.4. The lowest BCUT2D eigenvalue weighted by atomic mass is 10.1. The smallest absolute Gasteiger partial charge is 0.0548 e. The molecule has 110 valence electrons. The maximum absolute atomic E-state index is 6.17. The Morgan fingerprint density at radius 2 is 2.10 bits per heavy atom.